The highest BCUT2D eigenvalue weighted by Crippen LogP contribution is 2.35. The maximum absolute atomic E-state index is 14.1. The molecule has 0 atom stereocenters. The lowest BCUT2D eigenvalue weighted by atomic mass is 9.94. The Hall–Kier alpha value is -3.41. The van der Waals surface area contributed by atoms with Crippen molar-refractivity contribution in [3.05, 3.63) is 70.4 Å². The standard InChI is InChI=1S/C30H34N4O2/c1-20-12-13-21(2)26(18-20)32-14-16-33(17-15-32)29(35)27-23-10-6-7-11-25(23)31-28-24(27)19-34(30(28)36)22-8-4-3-5-9-22/h6-7,10-13,18,22H,3-5,8-9,14-17,19H2,1-2H3. The highest BCUT2D eigenvalue weighted by atomic mass is 16.2. The lowest BCUT2D eigenvalue weighted by molar-refractivity contribution is 0.0652. The minimum Gasteiger partial charge on any atom is -0.368 e. The molecule has 2 aliphatic heterocycles. The lowest BCUT2D eigenvalue weighted by Crippen LogP contribution is -2.49. The van der Waals surface area contributed by atoms with Crippen LogP contribution in [0.25, 0.3) is 10.9 Å². The molecule has 186 valence electrons. The Morgan fingerprint density at radius 3 is 2.47 bits per heavy atom. The number of pyridine rings is 1. The molecule has 0 bridgehead atoms. The van der Waals surface area contributed by atoms with E-state index in [4.69, 9.17) is 4.98 Å². The van der Waals surface area contributed by atoms with E-state index in [-0.39, 0.29) is 17.9 Å². The van der Waals surface area contributed by atoms with Crippen LogP contribution in [0.1, 0.15) is 69.6 Å². The third-order valence-corrected chi connectivity index (χ3v) is 8.29. The monoisotopic (exact) mass is 482 g/mol. The number of para-hydroxylation sites is 1. The van der Waals surface area contributed by atoms with E-state index >= 15 is 0 Å². The zero-order valence-corrected chi connectivity index (χ0v) is 21.3. The largest absolute Gasteiger partial charge is 0.368 e. The van der Waals surface area contributed by atoms with Crippen LogP contribution in [-0.4, -0.2) is 58.8 Å². The predicted molar refractivity (Wildman–Crippen MR) is 143 cm³/mol. The van der Waals surface area contributed by atoms with Gasteiger partial charge >= 0.3 is 0 Å². The van der Waals surface area contributed by atoms with Gasteiger partial charge in [-0.15, -0.1) is 0 Å². The fourth-order valence-corrected chi connectivity index (χ4v) is 6.26. The van der Waals surface area contributed by atoms with Gasteiger partial charge in [0.2, 0.25) is 0 Å². The molecule has 36 heavy (non-hydrogen) atoms. The number of benzene rings is 2. The molecule has 6 heteroatoms. The predicted octanol–water partition coefficient (Wildman–Crippen LogP) is 5.10. The summed E-state index contributed by atoms with van der Waals surface area (Å²) in [5, 5.41) is 0.858. The van der Waals surface area contributed by atoms with E-state index in [9.17, 15) is 9.59 Å². The number of piperazine rings is 1. The third-order valence-electron chi connectivity index (χ3n) is 8.29. The lowest BCUT2D eigenvalue weighted by Gasteiger charge is -2.37. The van der Waals surface area contributed by atoms with Crippen LogP contribution in [0.15, 0.2) is 42.5 Å². The number of fused-ring (bicyclic) bond motifs is 2. The van der Waals surface area contributed by atoms with E-state index in [2.05, 4.69) is 36.9 Å². The molecule has 3 aromatic rings. The van der Waals surface area contributed by atoms with Gasteiger partial charge in [-0.3, -0.25) is 9.59 Å². The first-order chi connectivity index (χ1) is 17.5. The van der Waals surface area contributed by atoms with Crippen molar-refractivity contribution in [2.45, 2.75) is 58.5 Å². The van der Waals surface area contributed by atoms with Crippen LogP contribution in [-0.2, 0) is 6.54 Å². The van der Waals surface area contributed by atoms with Crippen molar-refractivity contribution in [1.29, 1.82) is 0 Å². The van der Waals surface area contributed by atoms with Crippen molar-refractivity contribution in [2.75, 3.05) is 31.1 Å². The van der Waals surface area contributed by atoms with E-state index in [0.29, 0.717) is 30.9 Å². The molecule has 3 aliphatic rings. The number of amides is 2. The first-order valence-electron chi connectivity index (χ1n) is 13.4. The molecule has 1 aromatic heterocycles. The van der Waals surface area contributed by atoms with E-state index in [1.807, 2.05) is 34.1 Å². The molecule has 6 nitrogen and oxygen atoms in total. The number of carbonyl (C=O) groups is 2. The third kappa shape index (κ3) is 3.93. The summed E-state index contributed by atoms with van der Waals surface area (Å²) < 4.78 is 0. The Balaban J connectivity index is 1.31. The van der Waals surface area contributed by atoms with Gasteiger partial charge in [0.25, 0.3) is 11.8 Å². The molecule has 3 heterocycles. The van der Waals surface area contributed by atoms with Gasteiger partial charge in [-0.1, -0.05) is 49.6 Å². The van der Waals surface area contributed by atoms with Gasteiger partial charge in [-0.05, 0) is 49.9 Å². The molecule has 2 amide bonds. The van der Waals surface area contributed by atoms with Gasteiger partial charge in [0.05, 0.1) is 11.1 Å². The zero-order valence-electron chi connectivity index (χ0n) is 21.3. The molecule has 2 fully saturated rings. The number of hydrogen-bond donors (Lipinski definition) is 0. The number of anilines is 1. The van der Waals surface area contributed by atoms with E-state index < -0.39 is 0 Å². The normalized spacial score (nSPS) is 18.7. The Morgan fingerprint density at radius 2 is 1.69 bits per heavy atom. The van der Waals surface area contributed by atoms with Crippen LogP contribution >= 0.6 is 0 Å². The number of hydrogen-bond acceptors (Lipinski definition) is 4. The molecule has 1 saturated heterocycles. The molecular formula is C30H34N4O2. The minimum absolute atomic E-state index is 0.00329. The Kier molecular flexibility index (Phi) is 5.90. The van der Waals surface area contributed by atoms with Crippen molar-refractivity contribution < 1.29 is 9.59 Å². The van der Waals surface area contributed by atoms with Crippen molar-refractivity contribution >= 4 is 28.4 Å². The van der Waals surface area contributed by atoms with Crippen LogP contribution in [0.3, 0.4) is 0 Å². The van der Waals surface area contributed by atoms with Crippen LogP contribution in [0.5, 0.6) is 0 Å². The molecule has 0 unspecified atom stereocenters. The van der Waals surface area contributed by atoms with Crippen LogP contribution in [0.4, 0.5) is 5.69 Å². The summed E-state index contributed by atoms with van der Waals surface area (Å²) in [6, 6.07) is 14.6. The zero-order chi connectivity index (χ0) is 24.8. The van der Waals surface area contributed by atoms with E-state index in [1.54, 1.807) is 0 Å². The second kappa shape index (κ2) is 9.23. The average Bonchev–Trinajstić information content (AvgIpc) is 3.24. The quantitative estimate of drug-likeness (QED) is 0.521. The van der Waals surface area contributed by atoms with Crippen LogP contribution in [0.2, 0.25) is 0 Å². The molecular weight excluding hydrogens is 448 g/mol. The maximum atomic E-state index is 14.1. The van der Waals surface area contributed by atoms with Crippen molar-refractivity contribution in [3.63, 3.8) is 0 Å². The van der Waals surface area contributed by atoms with Crippen molar-refractivity contribution in [3.8, 4) is 0 Å². The number of carbonyl (C=O) groups excluding carboxylic acids is 2. The summed E-state index contributed by atoms with van der Waals surface area (Å²) in [6.07, 6.45) is 5.66. The number of rotatable bonds is 3. The summed E-state index contributed by atoms with van der Waals surface area (Å²) >= 11 is 0. The molecule has 0 N–H and O–H groups in total. The number of aromatic nitrogens is 1. The topological polar surface area (TPSA) is 56.8 Å². The van der Waals surface area contributed by atoms with E-state index in [1.165, 1.54) is 23.2 Å². The molecule has 1 aliphatic carbocycles. The first-order valence-corrected chi connectivity index (χ1v) is 13.4. The Labute approximate surface area is 212 Å². The van der Waals surface area contributed by atoms with Gasteiger partial charge in [-0.2, -0.15) is 0 Å². The number of aryl methyl sites for hydroxylation is 2. The summed E-state index contributed by atoms with van der Waals surface area (Å²) in [6.45, 7) is 7.70. The van der Waals surface area contributed by atoms with Crippen LogP contribution in [0, 0.1) is 13.8 Å². The average molecular weight is 483 g/mol. The molecule has 1 saturated carbocycles. The van der Waals surface area contributed by atoms with E-state index in [0.717, 1.165) is 55.2 Å². The SMILES string of the molecule is Cc1ccc(C)c(N2CCN(C(=O)c3c4c(nc5ccccc35)C(=O)N(C3CCCCC3)C4)CC2)c1. The highest BCUT2D eigenvalue weighted by Gasteiger charge is 2.39. The summed E-state index contributed by atoms with van der Waals surface area (Å²) in [4.78, 5) is 38.7. The number of nitrogens with zero attached hydrogens (tertiary/aromatic N) is 4. The van der Waals surface area contributed by atoms with Crippen molar-refractivity contribution in [1.82, 2.24) is 14.8 Å². The molecule has 0 spiro atoms. The highest BCUT2D eigenvalue weighted by molar-refractivity contribution is 6.12. The minimum atomic E-state index is -0.00329. The fraction of sp³-hybridized carbons (Fsp3) is 0.433. The maximum Gasteiger partial charge on any atom is 0.273 e. The molecule has 2 aromatic carbocycles. The van der Waals surface area contributed by atoms with Crippen molar-refractivity contribution in [2.24, 2.45) is 0 Å². The van der Waals surface area contributed by atoms with Gasteiger partial charge in [0.1, 0.15) is 5.69 Å². The molecule has 6 rings (SSSR count). The van der Waals surface area contributed by atoms with Gasteiger partial charge in [-0.25, -0.2) is 4.98 Å². The van der Waals surface area contributed by atoms with Gasteiger partial charge < -0.3 is 14.7 Å². The molecule has 0 radical (unpaired) electrons. The summed E-state index contributed by atoms with van der Waals surface area (Å²) in [7, 11) is 0. The first kappa shape index (κ1) is 23.0. The second-order valence-electron chi connectivity index (χ2n) is 10.6. The summed E-state index contributed by atoms with van der Waals surface area (Å²) in [5.41, 5.74) is 6.49. The Bertz CT molecular complexity index is 1340. The smallest absolute Gasteiger partial charge is 0.273 e. The second-order valence-corrected chi connectivity index (χ2v) is 10.6. The summed E-state index contributed by atoms with van der Waals surface area (Å²) in [5.74, 6) is 0.0280. The van der Waals surface area contributed by atoms with Crippen LogP contribution < -0.4 is 4.90 Å². The fourth-order valence-electron chi connectivity index (χ4n) is 6.26. The van der Waals surface area contributed by atoms with Gasteiger partial charge in [0.15, 0.2) is 0 Å². The Morgan fingerprint density at radius 1 is 0.944 bits per heavy atom. The van der Waals surface area contributed by atoms with Gasteiger partial charge in [0, 0.05) is 55.4 Å².